The van der Waals surface area contributed by atoms with E-state index >= 15 is 0 Å². The molecule has 6 heteroatoms. The number of nitrogens with one attached hydrogen (secondary N) is 2. The fourth-order valence-electron chi connectivity index (χ4n) is 1.76. The molecular formula is C14H22N4O2. The zero-order chi connectivity index (χ0) is 14.8. The van der Waals surface area contributed by atoms with Gasteiger partial charge in [0, 0.05) is 31.6 Å². The van der Waals surface area contributed by atoms with Gasteiger partial charge in [-0.15, -0.1) is 0 Å². The van der Waals surface area contributed by atoms with Crippen LogP contribution in [0.3, 0.4) is 0 Å². The second kappa shape index (κ2) is 8.92. The van der Waals surface area contributed by atoms with Crippen LogP contribution in [0.25, 0.3) is 0 Å². The van der Waals surface area contributed by atoms with Crippen LogP contribution in [0.5, 0.6) is 0 Å². The summed E-state index contributed by atoms with van der Waals surface area (Å²) in [5.41, 5.74) is 7.23. The molecule has 0 aliphatic heterocycles. The fraction of sp³-hybridized carbons (Fsp3) is 0.429. The first-order chi connectivity index (χ1) is 9.69. The molecule has 1 aromatic carbocycles. The summed E-state index contributed by atoms with van der Waals surface area (Å²) < 4.78 is 0. The van der Waals surface area contributed by atoms with Crippen molar-refractivity contribution in [3.8, 4) is 0 Å². The number of benzene rings is 1. The van der Waals surface area contributed by atoms with Gasteiger partial charge in [-0.2, -0.15) is 0 Å². The average Bonchev–Trinajstić information content (AvgIpc) is 2.49. The molecule has 20 heavy (non-hydrogen) atoms. The molecule has 0 bridgehead atoms. The van der Waals surface area contributed by atoms with Crippen LogP contribution in [-0.4, -0.2) is 30.0 Å². The van der Waals surface area contributed by atoms with Crippen LogP contribution in [-0.2, 0) is 11.3 Å². The topological polar surface area (TPSA) is 99.7 Å². The quantitative estimate of drug-likeness (QED) is 0.186. The maximum Gasteiger partial charge on any atom is 0.221 e. The summed E-state index contributed by atoms with van der Waals surface area (Å²) in [6.07, 6.45) is 1.37. The Morgan fingerprint density at radius 1 is 1.35 bits per heavy atom. The minimum Gasteiger partial charge on any atom is -0.409 e. The largest absolute Gasteiger partial charge is 0.409 e. The smallest absolute Gasteiger partial charge is 0.221 e. The van der Waals surface area contributed by atoms with Crippen molar-refractivity contribution in [3.63, 3.8) is 0 Å². The third-order valence-corrected chi connectivity index (χ3v) is 2.82. The van der Waals surface area contributed by atoms with E-state index in [-0.39, 0.29) is 11.7 Å². The SMILES string of the molecule is CCCNC(=O)CCNCc1ccccc1C(N)=NO. The van der Waals surface area contributed by atoms with E-state index in [4.69, 9.17) is 10.9 Å². The molecule has 0 heterocycles. The highest BCUT2D eigenvalue weighted by Gasteiger charge is 2.06. The van der Waals surface area contributed by atoms with Crippen molar-refractivity contribution < 1.29 is 10.0 Å². The lowest BCUT2D eigenvalue weighted by molar-refractivity contribution is -0.120. The first-order valence-corrected chi connectivity index (χ1v) is 6.72. The summed E-state index contributed by atoms with van der Waals surface area (Å²) in [6.45, 7) is 3.88. The van der Waals surface area contributed by atoms with Gasteiger partial charge in [0.25, 0.3) is 0 Å². The number of carbonyl (C=O) groups is 1. The lowest BCUT2D eigenvalue weighted by Crippen LogP contribution is -2.28. The average molecular weight is 278 g/mol. The highest BCUT2D eigenvalue weighted by Crippen LogP contribution is 2.08. The number of hydrogen-bond donors (Lipinski definition) is 4. The van der Waals surface area contributed by atoms with Crippen molar-refractivity contribution in [2.75, 3.05) is 13.1 Å². The standard InChI is InChI=1S/C14H22N4O2/c1-2-8-17-13(19)7-9-16-10-11-5-3-4-6-12(11)14(15)18-20/h3-6,16,20H,2,7-10H2,1H3,(H2,15,18)(H,17,19). The summed E-state index contributed by atoms with van der Waals surface area (Å²) in [4.78, 5) is 11.4. The third kappa shape index (κ3) is 5.27. The first-order valence-electron chi connectivity index (χ1n) is 6.72. The molecule has 110 valence electrons. The van der Waals surface area contributed by atoms with Gasteiger partial charge >= 0.3 is 0 Å². The summed E-state index contributed by atoms with van der Waals surface area (Å²) in [5, 5.41) is 17.7. The van der Waals surface area contributed by atoms with E-state index < -0.39 is 0 Å². The van der Waals surface area contributed by atoms with Gasteiger partial charge in [-0.3, -0.25) is 4.79 Å². The highest BCUT2D eigenvalue weighted by molar-refractivity contribution is 5.98. The molecule has 5 N–H and O–H groups in total. The zero-order valence-electron chi connectivity index (χ0n) is 11.7. The number of amidine groups is 1. The van der Waals surface area contributed by atoms with E-state index in [9.17, 15) is 4.79 Å². The van der Waals surface area contributed by atoms with Gasteiger partial charge in [0.2, 0.25) is 5.91 Å². The van der Waals surface area contributed by atoms with Crippen LogP contribution in [0.15, 0.2) is 29.4 Å². The van der Waals surface area contributed by atoms with Gasteiger partial charge in [-0.25, -0.2) is 0 Å². The summed E-state index contributed by atoms with van der Waals surface area (Å²) in [6, 6.07) is 7.41. The molecule has 0 fully saturated rings. The highest BCUT2D eigenvalue weighted by atomic mass is 16.4. The number of nitrogens with zero attached hydrogens (tertiary/aromatic N) is 1. The Morgan fingerprint density at radius 3 is 2.80 bits per heavy atom. The Bertz CT molecular complexity index is 460. The molecule has 1 rings (SSSR count). The minimum absolute atomic E-state index is 0.0454. The molecule has 6 nitrogen and oxygen atoms in total. The van der Waals surface area contributed by atoms with Gasteiger partial charge in [0.05, 0.1) is 0 Å². The summed E-state index contributed by atoms with van der Waals surface area (Å²) in [5.74, 6) is 0.132. The van der Waals surface area contributed by atoms with Gasteiger partial charge in [-0.1, -0.05) is 36.3 Å². The molecule has 1 amide bonds. The Labute approximate surface area is 119 Å². The molecule has 0 radical (unpaired) electrons. The fourth-order valence-corrected chi connectivity index (χ4v) is 1.76. The van der Waals surface area contributed by atoms with Crippen molar-refractivity contribution in [3.05, 3.63) is 35.4 Å². The predicted molar refractivity (Wildman–Crippen MR) is 78.6 cm³/mol. The molecule has 1 aromatic rings. The molecular weight excluding hydrogens is 256 g/mol. The summed E-state index contributed by atoms with van der Waals surface area (Å²) >= 11 is 0. The van der Waals surface area contributed by atoms with Crippen molar-refractivity contribution in [1.82, 2.24) is 10.6 Å². The van der Waals surface area contributed by atoms with Gasteiger partial charge in [-0.05, 0) is 12.0 Å². The number of rotatable bonds is 8. The second-order valence-corrected chi connectivity index (χ2v) is 4.42. The van der Waals surface area contributed by atoms with E-state index in [0.29, 0.717) is 31.6 Å². The van der Waals surface area contributed by atoms with Crippen LogP contribution >= 0.6 is 0 Å². The number of oxime groups is 1. The zero-order valence-corrected chi connectivity index (χ0v) is 11.7. The molecule has 0 saturated heterocycles. The minimum atomic E-state index is 0.0454. The maximum atomic E-state index is 11.4. The van der Waals surface area contributed by atoms with Crippen LogP contribution in [0.2, 0.25) is 0 Å². The normalized spacial score (nSPS) is 11.3. The van der Waals surface area contributed by atoms with Crippen LogP contribution in [0.4, 0.5) is 0 Å². The monoisotopic (exact) mass is 278 g/mol. The van der Waals surface area contributed by atoms with Crippen LogP contribution in [0.1, 0.15) is 30.9 Å². The van der Waals surface area contributed by atoms with Gasteiger partial charge < -0.3 is 21.6 Å². The summed E-state index contributed by atoms with van der Waals surface area (Å²) in [7, 11) is 0. The van der Waals surface area contributed by atoms with E-state index in [1.54, 1.807) is 6.07 Å². The van der Waals surface area contributed by atoms with E-state index in [1.807, 2.05) is 25.1 Å². The van der Waals surface area contributed by atoms with Crippen LogP contribution in [0, 0.1) is 0 Å². The molecule has 0 saturated carbocycles. The van der Waals surface area contributed by atoms with Crippen LogP contribution < -0.4 is 16.4 Å². The molecule has 0 unspecified atom stereocenters. The predicted octanol–water partition coefficient (Wildman–Crippen LogP) is 0.787. The Morgan fingerprint density at radius 2 is 2.10 bits per heavy atom. The number of carbonyl (C=O) groups excluding carboxylic acids is 1. The van der Waals surface area contributed by atoms with Gasteiger partial charge in [0.15, 0.2) is 5.84 Å². The lowest BCUT2D eigenvalue weighted by Gasteiger charge is -2.09. The van der Waals surface area contributed by atoms with E-state index in [2.05, 4.69) is 15.8 Å². The number of nitrogens with two attached hydrogens (primary N) is 1. The Hall–Kier alpha value is -2.08. The maximum absolute atomic E-state index is 11.4. The van der Waals surface area contributed by atoms with Crippen molar-refractivity contribution in [2.24, 2.45) is 10.9 Å². The third-order valence-electron chi connectivity index (χ3n) is 2.82. The van der Waals surface area contributed by atoms with Crippen molar-refractivity contribution in [2.45, 2.75) is 26.3 Å². The molecule has 0 aromatic heterocycles. The van der Waals surface area contributed by atoms with E-state index in [1.165, 1.54) is 0 Å². The molecule has 0 spiro atoms. The lowest BCUT2D eigenvalue weighted by atomic mass is 10.1. The van der Waals surface area contributed by atoms with E-state index in [0.717, 1.165) is 12.0 Å². The second-order valence-electron chi connectivity index (χ2n) is 4.42. The number of hydrogen-bond acceptors (Lipinski definition) is 4. The molecule has 0 aliphatic carbocycles. The Balaban J connectivity index is 2.41. The van der Waals surface area contributed by atoms with Gasteiger partial charge in [0.1, 0.15) is 0 Å². The molecule has 0 atom stereocenters. The number of amides is 1. The van der Waals surface area contributed by atoms with Crippen molar-refractivity contribution in [1.29, 1.82) is 0 Å². The van der Waals surface area contributed by atoms with Crippen molar-refractivity contribution >= 4 is 11.7 Å². The Kier molecular flexibility index (Phi) is 7.13. The molecule has 0 aliphatic rings. The first kappa shape index (κ1) is 16.0.